The predicted octanol–water partition coefficient (Wildman–Crippen LogP) is 0.807. The van der Waals surface area contributed by atoms with Gasteiger partial charge in [0.2, 0.25) is 0 Å². The van der Waals surface area contributed by atoms with Crippen LogP contribution in [0.3, 0.4) is 0 Å². The number of allylic oxidation sites excluding steroid dienone is 1. The van der Waals surface area contributed by atoms with E-state index in [-0.39, 0.29) is 5.57 Å². The number of rotatable bonds is 4. The number of ether oxygens (including phenoxy) is 1. The summed E-state index contributed by atoms with van der Waals surface area (Å²) in [5.41, 5.74) is 0.0156. The van der Waals surface area contributed by atoms with Crippen LogP contribution in [0.4, 0.5) is 0 Å². The molecule has 0 aromatic rings. The Balaban J connectivity index is 4.35. The molecule has 0 aliphatic heterocycles. The molecule has 0 fully saturated rings. The number of carbonyl (C=O) groups is 1. The molecular weight excluding hydrogens is 146 g/mol. The van der Waals surface area contributed by atoms with E-state index in [9.17, 15) is 4.79 Å². The summed E-state index contributed by atoms with van der Waals surface area (Å²) in [6, 6.07) is 0. The van der Waals surface area contributed by atoms with Gasteiger partial charge in [-0.3, -0.25) is 0 Å². The van der Waals surface area contributed by atoms with Crippen molar-refractivity contribution in [2.24, 2.45) is 0 Å². The van der Waals surface area contributed by atoms with Crippen molar-refractivity contribution >= 4 is 12.2 Å². The van der Waals surface area contributed by atoms with Gasteiger partial charge in [0.05, 0.1) is 18.9 Å². The van der Waals surface area contributed by atoms with Crippen LogP contribution in [0.25, 0.3) is 0 Å². The van der Waals surface area contributed by atoms with Gasteiger partial charge in [0.25, 0.3) is 0 Å². The zero-order chi connectivity index (χ0) is 8.69. The Hall–Kier alpha value is -1.58. The predicted molar refractivity (Wildman–Crippen MR) is 40.7 cm³/mol. The van der Waals surface area contributed by atoms with Gasteiger partial charge in [0.15, 0.2) is 0 Å². The molecule has 60 valence electrons. The molecule has 0 saturated carbocycles. The van der Waals surface area contributed by atoms with E-state index < -0.39 is 5.97 Å². The van der Waals surface area contributed by atoms with Crippen molar-refractivity contribution in [2.45, 2.75) is 0 Å². The van der Waals surface area contributed by atoms with Crippen molar-refractivity contribution < 1.29 is 14.6 Å². The third-order valence-electron chi connectivity index (χ3n) is 0.894. The maximum atomic E-state index is 10.3. The molecule has 11 heavy (non-hydrogen) atoms. The highest BCUT2D eigenvalue weighted by Gasteiger charge is 1.99. The first-order valence-electron chi connectivity index (χ1n) is 2.85. The number of aliphatic carboxylic acids is 1. The van der Waals surface area contributed by atoms with Crippen LogP contribution in [0.1, 0.15) is 0 Å². The summed E-state index contributed by atoms with van der Waals surface area (Å²) in [7, 11) is 1.42. The Morgan fingerprint density at radius 3 is 2.64 bits per heavy atom. The molecule has 0 radical (unpaired) electrons. The molecule has 0 unspecified atom stereocenters. The summed E-state index contributed by atoms with van der Waals surface area (Å²) < 4.78 is 4.51. The highest BCUT2D eigenvalue weighted by molar-refractivity contribution is 5.94. The first kappa shape index (κ1) is 9.42. The van der Waals surface area contributed by atoms with Crippen LogP contribution in [-0.4, -0.2) is 24.4 Å². The van der Waals surface area contributed by atoms with E-state index in [0.29, 0.717) is 0 Å². The zero-order valence-corrected chi connectivity index (χ0v) is 6.07. The second-order valence-corrected chi connectivity index (χ2v) is 1.63. The highest BCUT2D eigenvalue weighted by atomic mass is 16.5. The Morgan fingerprint density at radius 1 is 1.64 bits per heavy atom. The highest BCUT2D eigenvalue weighted by Crippen LogP contribution is 1.95. The molecule has 0 aromatic carbocycles. The maximum Gasteiger partial charge on any atom is 0.335 e. The number of carboxylic acid groups (broad SMARTS) is 1. The van der Waals surface area contributed by atoms with E-state index in [1.807, 2.05) is 0 Å². The van der Waals surface area contributed by atoms with Crippen LogP contribution in [-0.2, 0) is 9.53 Å². The van der Waals surface area contributed by atoms with E-state index in [0.717, 1.165) is 12.3 Å². The van der Waals surface area contributed by atoms with Gasteiger partial charge >= 0.3 is 5.97 Å². The van der Waals surface area contributed by atoms with Crippen LogP contribution in [0.2, 0.25) is 0 Å². The summed E-state index contributed by atoms with van der Waals surface area (Å²) in [6.45, 7) is 0. The molecule has 0 bridgehead atoms. The van der Waals surface area contributed by atoms with Gasteiger partial charge in [-0.2, -0.15) is 0 Å². The van der Waals surface area contributed by atoms with Crippen LogP contribution < -0.4 is 0 Å². The summed E-state index contributed by atoms with van der Waals surface area (Å²) in [4.78, 5) is 10.3. The van der Waals surface area contributed by atoms with Gasteiger partial charge in [-0.25, -0.2) is 4.79 Å². The van der Waals surface area contributed by atoms with Crippen LogP contribution in [0.5, 0.6) is 0 Å². The van der Waals surface area contributed by atoms with E-state index >= 15 is 0 Å². The standard InChI is InChI=1S/C7H9NO3/c1-11-5-3-6(2-4-8)7(9)10/h2-5,8H,1H3,(H,9,10)/b5-3+,6-2+,8-4?. The van der Waals surface area contributed by atoms with Crippen LogP contribution in [0, 0.1) is 5.41 Å². The SMILES string of the molecule is CO/C=C/C(=C\C=N)C(=O)O. The summed E-state index contributed by atoms with van der Waals surface area (Å²) in [5.74, 6) is -1.08. The van der Waals surface area contributed by atoms with Crippen LogP contribution in [0.15, 0.2) is 24.0 Å². The molecule has 0 aliphatic carbocycles. The van der Waals surface area contributed by atoms with Crippen molar-refractivity contribution in [2.75, 3.05) is 7.11 Å². The first-order valence-corrected chi connectivity index (χ1v) is 2.85. The lowest BCUT2D eigenvalue weighted by molar-refractivity contribution is -0.132. The topological polar surface area (TPSA) is 70.4 Å². The summed E-state index contributed by atoms with van der Waals surface area (Å²) in [5, 5.41) is 15.1. The number of hydrogen-bond donors (Lipinski definition) is 2. The molecule has 0 aliphatic rings. The lowest BCUT2D eigenvalue weighted by Gasteiger charge is -1.90. The molecular formula is C7H9NO3. The number of hydrogen-bond acceptors (Lipinski definition) is 3. The summed E-state index contributed by atoms with van der Waals surface area (Å²) in [6.07, 6.45) is 4.58. The van der Waals surface area contributed by atoms with E-state index in [1.54, 1.807) is 0 Å². The normalized spacial score (nSPS) is 11.5. The Kier molecular flexibility index (Phi) is 4.47. The number of carboxylic acids is 1. The fourth-order valence-electron chi connectivity index (χ4n) is 0.429. The Morgan fingerprint density at radius 2 is 2.27 bits per heavy atom. The third kappa shape index (κ3) is 3.91. The van der Waals surface area contributed by atoms with Gasteiger partial charge in [-0.1, -0.05) is 0 Å². The monoisotopic (exact) mass is 155 g/mol. The molecule has 4 heteroatoms. The van der Waals surface area contributed by atoms with Gasteiger partial charge < -0.3 is 15.3 Å². The molecule has 2 N–H and O–H groups in total. The largest absolute Gasteiger partial charge is 0.504 e. The van der Waals surface area contributed by atoms with Crippen molar-refractivity contribution in [1.82, 2.24) is 0 Å². The molecule has 0 heterocycles. The van der Waals surface area contributed by atoms with E-state index in [4.69, 9.17) is 10.5 Å². The van der Waals surface area contributed by atoms with E-state index in [2.05, 4.69) is 4.74 Å². The van der Waals surface area contributed by atoms with E-state index in [1.165, 1.54) is 19.4 Å². The van der Waals surface area contributed by atoms with Gasteiger partial charge in [0.1, 0.15) is 0 Å². The zero-order valence-electron chi connectivity index (χ0n) is 6.07. The third-order valence-corrected chi connectivity index (χ3v) is 0.894. The first-order chi connectivity index (χ1) is 5.22. The molecule has 4 nitrogen and oxygen atoms in total. The van der Waals surface area contributed by atoms with Gasteiger partial charge in [0, 0.05) is 6.21 Å². The number of nitrogens with one attached hydrogen (secondary N) is 1. The fourth-order valence-corrected chi connectivity index (χ4v) is 0.429. The minimum Gasteiger partial charge on any atom is -0.504 e. The molecule has 0 rings (SSSR count). The number of methoxy groups -OCH3 is 1. The minimum atomic E-state index is -1.08. The maximum absolute atomic E-state index is 10.3. The molecule has 0 atom stereocenters. The average Bonchev–Trinajstić information content (AvgIpc) is 1.97. The van der Waals surface area contributed by atoms with Crippen molar-refractivity contribution in [3.63, 3.8) is 0 Å². The molecule has 0 spiro atoms. The van der Waals surface area contributed by atoms with Gasteiger partial charge in [-0.15, -0.1) is 0 Å². The Labute approximate surface area is 64.3 Å². The van der Waals surface area contributed by atoms with Gasteiger partial charge in [-0.05, 0) is 12.2 Å². The molecule has 0 amide bonds. The van der Waals surface area contributed by atoms with Crippen molar-refractivity contribution in [3.05, 3.63) is 24.0 Å². The second-order valence-electron chi connectivity index (χ2n) is 1.63. The van der Waals surface area contributed by atoms with Crippen molar-refractivity contribution in [1.29, 1.82) is 5.41 Å². The Bertz CT molecular complexity index is 206. The quantitative estimate of drug-likeness (QED) is 0.273. The smallest absolute Gasteiger partial charge is 0.335 e. The molecule has 0 aromatic heterocycles. The molecule has 0 saturated heterocycles. The lowest BCUT2D eigenvalue weighted by Crippen LogP contribution is -1.97. The average molecular weight is 155 g/mol. The minimum absolute atomic E-state index is 0.0156. The second kappa shape index (κ2) is 5.22. The van der Waals surface area contributed by atoms with Crippen molar-refractivity contribution in [3.8, 4) is 0 Å². The van der Waals surface area contributed by atoms with Crippen LogP contribution >= 0.6 is 0 Å². The summed E-state index contributed by atoms with van der Waals surface area (Å²) >= 11 is 0. The lowest BCUT2D eigenvalue weighted by atomic mass is 10.2. The fraction of sp³-hybridized carbons (Fsp3) is 0.143.